The molecule has 2 atom stereocenters. The van der Waals surface area contributed by atoms with Gasteiger partial charge in [0.15, 0.2) is 0 Å². The van der Waals surface area contributed by atoms with Gasteiger partial charge in [-0.15, -0.1) is 11.3 Å². The number of ether oxygens (including phenoxy) is 3. The fourth-order valence-electron chi connectivity index (χ4n) is 6.65. The molecule has 1 aromatic carbocycles. The zero-order valence-corrected chi connectivity index (χ0v) is 32.8. The Bertz CT molecular complexity index is 1930. The van der Waals surface area contributed by atoms with Gasteiger partial charge in [-0.25, -0.2) is 15.2 Å². The molecule has 4 heterocycles. The number of aliphatic hydroxyl groups is 1. The van der Waals surface area contributed by atoms with Crippen molar-refractivity contribution in [2.45, 2.75) is 98.1 Å². The molecule has 14 heteroatoms. The van der Waals surface area contributed by atoms with Gasteiger partial charge in [0.25, 0.3) is 5.91 Å². The van der Waals surface area contributed by atoms with Crippen molar-refractivity contribution in [2.75, 3.05) is 27.4 Å². The Kier molecular flexibility index (Phi) is 12.6. The van der Waals surface area contributed by atoms with Crippen molar-refractivity contribution in [3.8, 4) is 21.8 Å². The summed E-state index contributed by atoms with van der Waals surface area (Å²) >= 11 is 1.45. The molecule has 1 aliphatic heterocycles. The third kappa shape index (κ3) is 9.42. The SMILES string of the molecule is CCn1c(-c2cccnc2COC)c(CC(C)(C)CO)c2cc(-c3nc(C[C@H](NC(=O)OC(C)(C)C)C(=O)N4CCC[C@@H](C(=O)OC)N4)cs3)ccc21. The lowest BCUT2D eigenvalue weighted by atomic mass is 9.84. The number of aliphatic hydroxyl groups excluding tert-OH is 1. The Balaban J connectivity index is 1.51. The number of nitrogens with zero attached hydrogens (tertiary/aromatic N) is 4. The molecule has 0 unspecified atom stereocenters. The van der Waals surface area contributed by atoms with Crippen LogP contribution in [0.25, 0.3) is 32.7 Å². The molecule has 0 saturated carbocycles. The number of fused-ring (bicyclic) bond motifs is 1. The number of hydrogen-bond donors (Lipinski definition) is 3. The van der Waals surface area contributed by atoms with E-state index in [1.165, 1.54) is 23.5 Å². The summed E-state index contributed by atoms with van der Waals surface area (Å²) in [5, 5.41) is 18.2. The Morgan fingerprint density at radius 3 is 2.60 bits per heavy atom. The zero-order valence-electron chi connectivity index (χ0n) is 31.9. The number of carbonyl (C=O) groups excluding carboxylic acids is 3. The van der Waals surface area contributed by atoms with Gasteiger partial charge in [-0.05, 0) is 88.3 Å². The highest BCUT2D eigenvalue weighted by Gasteiger charge is 2.34. The fourth-order valence-corrected chi connectivity index (χ4v) is 7.48. The van der Waals surface area contributed by atoms with Crippen molar-refractivity contribution in [3.63, 3.8) is 0 Å². The number of hydrazine groups is 1. The van der Waals surface area contributed by atoms with Crippen LogP contribution in [0.5, 0.6) is 0 Å². The Labute approximate surface area is 315 Å². The van der Waals surface area contributed by atoms with Crippen LogP contribution in [-0.4, -0.2) is 87.7 Å². The van der Waals surface area contributed by atoms with E-state index >= 15 is 0 Å². The second kappa shape index (κ2) is 16.8. The molecule has 0 aliphatic carbocycles. The molecule has 0 radical (unpaired) electrons. The highest BCUT2D eigenvalue weighted by molar-refractivity contribution is 7.13. The van der Waals surface area contributed by atoms with Crippen LogP contribution >= 0.6 is 11.3 Å². The van der Waals surface area contributed by atoms with Crippen molar-refractivity contribution in [2.24, 2.45) is 5.41 Å². The molecule has 13 nitrogen and oxygen atoms in total. The summed E-state index contributed by atoms with van der Waals surface area (Å²) in [5.74, 6) is -0.867. The standard InChI is InChI=1S/C39H52N6O7S/c1-9-44-32-15-14-24(18-27(32)28(20-39(5,6)23-46)33(44)26-12-10-16-40-31(26)21-50-7)34-41-25(22-53-34)19-30(42-37(49)52-38(2,3)4)35(47)45-17-11-13-29(43-45)36(48)51-8/h10,12,14-16,18,22,29-30,43,46H,9,11,13,17,19-21,23H2,1-8H3,(H,42,49)/t29-,30-/m0/s1. The third-order valence-corrected chi connectivity index (χ3v) is 10.1. The minimum absolute atomic E-state index is 0.0201. The summed E-state index contributed by atoms with van der Waals surface area (Å²) in [4.78, 5) is 48.7. The number of pyridine rings is 1. The lowest BCUT2D eigenvalue weighted by molar-refractivity contribution is -0.150. The van der Waals surface area contributed by atoms with E-state index in [1.807, 2.05) is 17.5 Å². The minimum atomic E-state index is -1.01. The van der Waals surface area contributed by atoms with E-state index in [4.69, 9.17) is 19.2 Å². The van der Waals surface area contributed by atoms with Crippen LogP contribution in [0, 0.1) is 5.41 Å². The molecule has 5 rings (SSSR count). The van der Waals surface area contributed by atoms with Crippen molar-refractivity contribution in [1.82, 2.24) is 30.3 Å². The molecular formula is C39H52N6O7S. The van der Waals surface area contributed by atoms with Gasteiger partial charge in [0.2, 0.25) is 0 Å². The van der Waals surface area contributed by atoms with Crippen LogP contribution < -0.4 is 10.7 Å². The van der Waals surface area contributed by atoms with E-state index in [9.17, 15) is 19.5 Å². The quantitative estimate of drug-likeness (QED) is 0.146. The van der Waals surface area contributed by atoms with Crippen LogP contribution in [0.4, 0.5) is 4.79 Å². The first-order valence-electron chi connectivity index (χ1n) is 18.0. The molecule has 1 aliphatic rings. The summed E-state index contributed by atoms with van der Waals surface area (Å²) in [5.41, 5.74) is 8.38. The largest absolute Gasteiger partial charge is 0.468 e. The first-order valence-corrected chi connectivity index (χ1v) is 18.8. The van der Waals surface area contributed by atoms with E-state index < -0.39 is 41.1 Å². The van der Waals surface area contributed by atoms with Gasteiger partial charge >= 0.3 is 12.1 Å². The molecule has 0 spiro atoms. The van der Waals surface area contributed by atoms with E-state index in [0.717, 1.165) is 50.5 Å². The van der Waals surface area contributed by atoms with Crippen molar-refractivity contribution in [1.29, 1.82) is 0 Å². The topological polar surface area (TPSA) is 157 Å². The van der Waals surface area contributed by atoms with Gasteiger partial charge in [-0.1, -0.05) is 13.8 Å². The summed E-state index contributed by atoms with van der Waals surface area (Å²) in [6.07, 6.45) is 2.89. The molecule has 3 aromatic heterocycles. The minimum Gasteiger partial charge on any atom is -0.468 e. The maximum Gasteiger partial charge on any atom is 0.408 e. The number of aryl methyl sites for hydroxylation is 1. The number of amides is 2. The third-order valence-electron chi connectivity index (χ3n) is 9.13. The maximum absolute atomic E-state index is 13.9. The zero-order chi connectivity index (χ0) is 38.5. The number of aromatic nitrogens is 3. The van der Waals surface area contributed by atoms with Gasteiger partial charge in [0.05, 0.1) is 30.8 Å². The van der Waals surface area contributed by atoms with E-state index in [2.05, 4.69) is 59.3 Å². The molecule has 286 valence electrons. The average Bonchev–Trinajstić information content (AvgIpc) is 3.72. The van der Waals surface area contributed by atoms with Crippen LogP contribution in [0.1, 0.15) is 71.3 Å². The Hall–Kier alpha value is -4.37. The number of alkyl carbamates (subject to hydrolysis) is 1. The molecule has 53 heavy (non-hydrogen) atoms. The Morgan fingerprint density at radius 1 is 1.15 bits per heavy atom. The number of rotatable bonds is 13. The van der Waals surface area contributed by atoms with Crippen molar-refractivity contribution in [3.05, 3.63) is 58.9 Å². The van der Waals surface area contributed by atoms with Crippen LogP contribution in [0.15, 0.2) is 41.9 Å². The number of esters is 1. The molecular weight excluding hydrogens is 697 g/mol. The predicted octanol–water partition coefficient (Wildman–Crippen LogP) is 5.66. The number of nitrogens with one attached hydrogen (secondary N) is 2. The molecule has 3 N–H and O–H groups in total. The number of carbonyl (C=O) groups is 3. The second-order valence-electron chi connectivity index (χ2n) is 15.1. The molecule has 0 bridgehead atoms. The monoisotopic (exact) mass is 748 g/mol. The number of benzene rings is 1. The summed E-state index contributed by atoms with van der Waals surface area (Å²) in [6, 6.07) is 8.63. The highest BCUT2D eigenvalue weighted by Crippen LogP contribution is 2.41. The summed E-state index contributed by atoms with van der Waals surface area (Å²) < 4.78 is 18.2. The van der Waals surface area contributed by atoms with Crippen molar-refractivity contribution < 1.29 is 33.7 Å². The Morgan fingerprint density at radius 2 is 1.92 bits per heavy atom. The lowest BCUT2D eigenvalue weighted by Crippen LogP contribution is -2.60. The van der Waals surface area contributed by atoms with Crippen LogP contribution in [-0.2, 0) is 49.8 Å². The summed E-state index contributed by atoms with van der Waals surface area (Å²) in [6.45, 7) is 13.0. The average molecular weight is 749 g/mol. The number of methoxy groups -OCH3 is 2. The normalized spacial score (nSPS) is 15.7. The van der Waals surface area contributed by atoms with Gasteiger partial charge in [0.1, 0.15) is 22.7 Å². The smallest absolute Gasteiger partial charge is 0.408 e. The molecule has 1 fully saturated rings. The molecule has 2 amide bonds. The lowest BCUT2D eigenvalue weighted by Gasteiger charge is -2.34. The van der Waals surface area contributed by atoms with Gasteiger partial charge in [-0.3, -0.25) is 19.6 Å². The van der Waals surface area contributed by atoms with Crippen molar-refractivity contribution >= 4 is 40.2 Å². The number of thiazole rings is 1. The summed E-state index contributed by atoms with van der Waals surface area (Å²) in [7, 11) is 2.97. The molecule has 1 saturated heterocycles. The predicted molar refractivity (Wildman–Crippen MR) is 204 cm³/mol. The van der Waals surface area contributed by atoms with E-state index in [1.54, 1.807) is 34.1 Å². The molecule has 4 aromatic rings. The maximum atomic E-state index is 13.9. The highest BCUT2D eigenvalue weighted by atomic mass is 32.1. The number of hydrogen-bond acceptors (Lipinski definition) is 11. The fraction of sp³-hybridized carbons (Fsp3) is 0.513. The van der Waals surface area contributed by atoms with Gasteiger partial charge in [0, 0.05) is 66.8 Å². The van der Waals surface area contributed by atoms with Crippen LogP contribution in [0.2, 0.25) is 0 Å². The van der Waals surface area contributed by atoms with Gasteiger partial charge in [-0.2, -0.15) is 0 Å². The second-order valence-corrected chi connectivity index (χ2v) is 16.0. The first-order chi connectivity index (χ1) is 25.2. The first kappa shape index (κ1) is 39.8. The van der Waals surface area contributed by atoms with E-state index in [0.29, 0.717) is 38.1 Å². The van der Waals surface area contributed by atoms with E-state index in [-0.39, 0.29) is 13.0 Å². The van der Waals surface area contributed by atoms with Gasteiger partial charge < -0.3 is 29.2 Å². The van der Waals surface area contributed by atoms with Crippen LogP contribution in [0.3, 0.4) is 0 Å².